The highest BCUT2D eigenvalue weighted by Gasteiger charge is 2.31. The first-order chi connectivity index (χ1) is 16.9. The minimum atomic E-state index is -0.0944. The smallest absolute Gasteiger partial charge is 0.314 e. The summed E-state index contributed by atoms with van der Waals surface area (Å²) >= 11 is 0. The lowest BCUT2D eigenvalue weighted by Gasteiger charge is -2.28. The van der Waals surface area contributed by atoms with E-state index in [0.29, 0.717) is 23.3 Å². The summed E-state index contributed by atoms with van der Waals surface area (Å²) in [6, 6.07) is 6.00. The summed E-state index contributed by atoms with van der Waals surface area (Å²) in [6.07, 6.45) is 16.4. The molecule has 0 amide bonds. The van der Waals surface area contributed by atoms with Crippen molar-refractivity contribution in [2.45, 2.75) is 78.1 Å². The molecular formula is C31H38O4. The minimum absolute atomic E-state index is 0.0130. The number of esters is 2. The average Bonchev–Trinajstić information content (AvgIpc) is 3.04. The van der Waals surface area contributed by atoms with Crippen LogP contribution in [0.2, 0.25) is 0 Å². The molecule has 0 heterocycles. The maximum atomic E-state index is 12.8. The van der Waals surface area contributed by atoms with Crippen molar-refractivity contribution in [3.63, 3.8) is 0 Å². The Balaban J connectivity index is 1.28. The van der Waals surface area contributed by atoms with Gasteiger partial charge in [0.25, 0.3) is 0 Å². The zero-order valence-corrected chi connectivity index (χ0v) is 21.3. The fourth-order valence-electron chi connectivity index (χ4n) is 6.11. The highest BCUT2D eigenvalue weighted by Crippen LogP contribution is 2.43. The number of rotatable bonds is 4. The van der Waals surface area contributed by atoms with Gasteiger partial charge in [0.2, 0.25) is 0 Å². The third kappa shape index (κ3) is 5.32. The molecule has 0 saturated heterocycles. The fourth-order valence-corrected chi connectivity index (χ4v) is 6.11. The second-order valence-corrected chi connectivity index (χ2v) is 11.4. The van der Waals surface area contributed by atoms with Crippen LogP contribution in [0.15, 0.2) is 48.3 Å². The van der Waals surface area contributed by atoms with E-state index in [9.17, 15) is 9.59 Å². The number of carbonyl (C=O) groups excluding carboxylic acids is 2. The van der Waals surface area contributed by atoms with E-state index in [-0.39, 0.29) is 35.6 Å². The summed E-state index contributed by atoms with van der Waals surface area (Å²) in [6.45, 7) is 6.70. The molecule has 35 heavy (non-hydrogen) atoms. The zero-order chi connectivity index (χ0) is 24.5. The van der Waals surface area contributed by atoms with Gasteiger partial charge in [0.1, 0.15) is 11.5 Å². The van der Waals surface area contributed by atoms with Crippen LogP contribution < -0.4 is 4.74 Å². The largest absolute Gasteiger partial charge is 0.427 e. The van der Waals surface area contributed by atoms with Crippen LogP contribution in [-0.4, -0.2) is 11.9 Å². The predicted octanol–water partition coefficient (Wildman–Crippen LogP) is 7.36. The van der Waals surface area contributed by atoms with E-state index >= 15 is 0 Å². The Morgan fingerprint density at radius 1 is 0.743 bits per heavy atom. The van der Waals surface area contributed by atoms with Gasteiger partial charge in [-0.25, -0.2) is 0 Å². The van der Waals surface area contributed by atoms with Gasteiger partial charge in [-0.1, -0.05) is 39.0 Å². The highest BCUT2D eigenvalue weighted by molar-refractivity contribution is 5.82. The standard InChI is InChI=1S/C31H38O4/c1-19-4-8-22(9-5-19)30(32)34-26-13-12-24-16-25(17-26)21(3)29-18-27(14-15-28(24)29)35-31(33)23-10-6-20(2)7-11-23/h12-23,25H,4-11H2,1-3H3. The molecule has 0 aliphatic heterocycles. The molecule has 5 rings (SSSR count). The van der Waals surface area contributed by atoms with E-state index in [0.717, 1.165) is 62.5 Å². The molecule has 2 unspecified atom stereocenters. The van der Waals surface area contributed by atoms with Crippen molar-refractivity contribution in [1.29, 1.82) is 0 Å². The van der Waals surface area contributed by atoms with Crippen LogP contribution in [-0.2, 0) is 14.3 Å². The molecule has 0 N–H and O–H groups in total. The molecule has 2 atom stereocenters. The van der Waals surface area contributed by atoms with E-state index in [2.05, 4.69) is 39.0 Å². The predicted molar refractivity (Wildman–Crippen MR) is 138 cm³/mol. The molecular weight excluding hydrogens is 436 g/mol. The van der Waals surface area contributed by atoms with Crippen LogP contribution in [0.1, 0.15) is 89.2 Å². The van der Waals surface area contributed by atoms with E-state index < -0.39 is 0 Å². The first-order valence-corrected chi connectivity index (χ1v) is 13.6. The Bertz CT molecular complexity index is 1060. The molecule has 186 valence electrons. The maximum absolute atomic E-state index is 12.8. The molecule has 0 radical (unpaired) electrons. The SMILES string of the molecule is CC1CCC(C(=O)OC2=CC3C=C(C=C2)c2ccc(OC(=O)C4CCC(C)CC4)cc2C3C)CC1. The van der Waals surface area contributed by atoms with Crippen LogP contribution in [0.3, 0.4) is 0 Å². The van der Waals surface area contributed by atoms with Gasteiger partial charge in [-0.15, -0.1) is 0 Å². The normalized spacial score (nSPS) is 32.0. The summed E-state index contributed by atoms with van der Waals surface area (Å²) in [4.78, 5) is 25.6. The minimum Gasteiger partial charge on any atom is -0.427 e. The monoisotopic (exact) mass is 474 g/mol. The number of hydrogen-bond donors (Lipinski definition) is 0. The van der Waals surface area contributed by atoms with Gasteiger partial charge >= 0.3 is 11.9 Å². The Labute approximate surface area is 209 Å². The van der Waals surface area contributed by atoms with Crippen molar-refractivity contribution >= 4 is 17.5 Å². The Kier molecular flexibility index (Phi) is 7.00. The summed E-state index contributed by atoms with van der Waals surface area (Å²) in [5.74, 6) is 2.83. The van der Waals surface area contributed by atoms with Crippen LogP contribution in [0.5, 0.6) is 5.75 Å². The van der Waals surface area contributed by atoms with Crippen molar-refractivity contribution < 1.29 is 19.1 Å². The summed E-state index contributed by atoms with van der Waals surface area (Å²) in [5.41, 5.74) is 3.44. The molecule has 2 bridgehead atoms. The van der Waals surface area contributed by atoms with Gasteiger partial charge < -0.3 is 9.47 Å². The number of hydrogen-bond acceptors (Lipinski definition) is 4. The van der Waals surface area contributed by atoms with E-state index in [1.165, 1.54) is 5.56 Å². The van der Waals surface area contributed by atoms with E-state index in [1.54, 1.807) is 0 Å². The first kappa shape index (κ1) is 24.1. The second kappa shape index (κ2) is 10.2. The van der Waals surface area contributed by atoms with Gasteiger partial charge in [-0.3, -0.25) is 9.59 Å². The number of allylic oxidation sites excluding steroid dienone is 5. The zero-order valence-electron chi connectivity index (χ0n) is 21.3. The van der Waals surface area contributed by atoms with Crippen molar-refractivity contribution in [2.75, 3.05) is 0 Å². The lowest BCUT2D eigenvalue weighted by atomic mass is 9.77. The molecule has 2 saturated carbocycles. The molecule has 1 aromatic carbocycles. The van der Waals surface area contributed by atoms with Crippen molar-refractivity contribution in [1.82, 2.24) is 0 Å². The maximum Gasteiger partial charge on any atom is 0.314 e. The van der Waals surface area contributed by atoms with Crippen LogP contribution in [0.25, 0.3) is 5.57 Å². The van der Waals surface area contributed by atoms with Crippen LogP contribution >= 0.6 is 0 Å². The molecule has 4 aliphatic rings. The average molecular weight is 475 g/mol. The molecule has 1 aromatic rings. The van der Waals surface area contributed by atoms with Crippen molar-refractivity contribution in [3.8, 4) is 5.75 Å². The fraction of sp³-hybridized carbons (Fsp3) is 0.548. The number of ether oxygens (including phenoxy) is 2. The van der Waals surface area contributed by atoms with Gasteiger partial charge in [0.05, 0.1) is 11.8 Å². The first-order valence-electron chi connectivity index (χ1n) is 13.6. The van der Waals surface area contributed by atoms with Crippen LogP contribution in [0, 0.1) is 29.6 Å². The lowest BCUT2D eigenvalue weighted by Crippen LogP contribution is -2.25. The molecule has 0 spiro atoms. The third-order valence-electron chi connectivity index (χ3n) is 8.69. The molecule has 4 heteroatoms. The Morgan fingerprint density at radius 3 is 1.97 bits per heavy atom. The van der Waals surface area contributed by atoms with Gasteiger partial charge in [0.15, 0.2) is 0 Å². The summed E-state index contributed by atoms with van der Waals surface area (Å²) in [5, 5.41) is 0. The van der Waals surface area contributed by atoms with Crippen molar-refractivity contribution in [2.24, 2.45) is 29.6 Å². The van der Waals surface area contributed by atoms with Crippen LogP contribution in [0.4, 0.5) is 0 Å². The summed E-state index contributed by atoms with van der Waals surface area (Å²) < 4.78 is 11.7. The van der Waals surface area contributed by atoms with Crippen molar-refractivity contribution in [3.05, 3.63) is 59.4 Å². The van der Waals surface area contributed by atoms with Gasteiger partial charge in [-0.2, -0.15) is 0 Å². The van der Waals surface area contributed by atoms with Gasteiger partial charge in [0, 0.05) is 5.92 Å². The molecule has 0 aromatic heterocycles. The topological polar surface area (TPSA) is 52.6 Å². The molecule has 4 nitrogen and oxygen atoms in total. The summed E-state index contributed by atoms with van der Waals surface area (Å²) in [7, 11) is 0. The Morgan fingerprint density at radius 2 is 1.34 bits per heavy atom. The third-order valence-corrected chi connectivity index (χ3v) is 8.69. The quantitative estimate of drug-likeness (QED) is 0.338. The lowest BCUT2D eigenvalue weighted by molar-refractivity contribution is -0.145. The molecule has 2 fully saturated rings. The number of carbonyl (C=O) groups is 2. The second-order valence-electron chi connectivity index (χ2n) is 11.4. The van der Waals surface area contributed by atoms with Gasteiger partial charge in [-0.05, 0) is 110 Å². The van der Waals surface area contributed by atoms with E-state index in [4.69, 9.17) is 9.47 Å². The number of fused-ring (bicyclic) bond motifs is 3. The number of benzene rings is 1. The highest BCUT2D eigenvalue weighted by atomic mass is 16.5. The Hall–Kier alpha value is -2.62. The molecule has 4 aliphatic carbocycles. The van der Waals surface area contributed by atoms with E-state index in [1.807, 2.05) is 24.3 Å².